The summed E-state index contributed by atoms with van der Waals surface area (Å²) >= 11 is 0. The van der Waals surface area contributed by atoms with Gasteiger partial charge < -0.3 is 24.0 Å². The molecule has 2 aromatic carbocycles. The van der Waals surface area contributed by atoms with Gasteiger partial charge in [-0.25, -0.2) is 8.42 Å². The number of carbonyl (C=O) groups excluding carboxylic acids is 1. The first-order chi connectivity index (χ1) is 19.4. The molecule has 0 saturated carbocycles. The molecule has 12 heteroatoms. The summed E-state index contributed by atoms with van der Waals surface area (Å²) in [5.74, 6) is 0.897. The third-order valence-corrected chi connectivity index (χ3v) is 8.88. The van der Waals surface area contributed by atoms with Crippen LogP contribution in [0.5, 0.6) is 11.5 Å². The second kappa shape index (κ2) is 12.5. The van der Waals surface area contributed by atoms with Gasteiger partial charge in [-0.2, -0.15) is 0 Å². The number of amides is 1. The fraction of sp³-hybridized carbons (Fsp3) is 0.448. The third-order valence-electron chi connectivity index (χ3n) is 7.26. The first-order valence-corrected chi connectivity index (χ1v) is 14.9. The second-order valence-corrected chi connectivity index (χ2v) is 12.3. The van der Waals surface area contributed by atoms with Crippen LogP contribution in [-0.4, -0.2) is 80.4 Å². The van der Waals surface area contributed by atoms with Gasteiger partial charge in [0.05, 0.1) is 25.3 Å². The van der Waals surface area contributed by atoms with Crippen molar-refractivity contribution in [2.24, 2.45) is 5.92 Å². The molecule has 2 heterocycles. The molecular formula is C29H38N4O7S. The van der Waals surface area contributed by atoms with Crippen molar-refractivity contribution in [3.63, 3.8) is 0 Å². The Morgan fingerprint density at radius 3 is 2.54 bits per heavy atom. The topological polar surface area (TPSA) is 134 Å². The molecule has 0 spiro atoms. The molecule has 0 radical (unpaired) electrons. The molecule has 222 valence electrons. The number of methoxy groups -OCH3 is 1. The molecule has 3 atom stereocenters. The average molecular weight is 587 g/mol. The van der Waals surface area contributed by atoms with Crippen molar-refractivity contribution in [3.05, 3.63) is 65.0 Å². The zero-order chi connectivity index (χ0) is 29.9. The van der Waals surface area contributed by atoms with Crippen molar-refractivity contribution in [2.45, 2.75) is 51.3 Å². The van der Waals surface area contributed by atoms with E-state index in [0.29, 0.717) is 25.4 Å². The predicted molar refractivity (Wildman–Crippen MR) is 154 cm³/mol. The summed E-state index contributed by atoms with van der Waals surface area (Å²) in [4.78, 5) is 17.5. The van der Waals surface area contributed by atoms with Crippen molar-refractivity contribution < 1.29 is 32.3 Å². The number of nitrogens with one attached hydrogen (secondary N) is 1. The van der Waals surface area contributed by atoms with Gasteiger partial charge >= 0.3 is 0 Å². The minimum Gasteiger partial charge on any atom is -0.497 e. The molecule has 0 unspecified atom stereocenters. The number of carbonyl (C=O) groups is 1. The lowest BCUT2D eigenvalue weighted by Gasteiger charge is -2.38. The molecule has 0 saturated heterocycles. The van der Waals surface area contributed by atoms with Crippen LogP contribution in [0, 0.1) is 19.8 Å². The highest BCUT2D eigenvalue weighted by atomic mass is 32.2. The number of aryl methyl sites for hydroxylation is 2. The summed E-state index contributed by atoms with van der Waals surface area (Å²) in [6, 6.07) is 12.1. The molecule has 11 nitrogen and oxygen atoms in total. The molecule has 1 aliphatic rings. The smallest absolute Gasteiger partial charge is 0.267 e. The molecule has 0 fully saturated rings. The Hall–Kier alpha value is -3.61. The number of benzene rings is 2. The maximum absolute atomic E-state index is 13.7. The number of rotatable bonds is 10. The Morgan fingerprint density at radius 2 is 1.93 bits per heavy atom. The van der Waals surface area contributed by atoms with Crippen molar-refractivity contribution in [1.82, 2.24) is 15.0 Å². The summed E-state index contributed by atoms with van der Waals surface area (Å²) in [6.45, 7) is 8.27. The molecule has 4 rings (SSSR count). The maximum atomic E-state index is 13.7. The van der Waals surface area contributed by atoms with E-state index in [1.807, 2.05) is 38.2 Å². The molecule has 1 aromatic heterocycles. The summed E-state index contributed by atoms with van der Waals surface area (Å²) in [6.07, 6.45) is -0.289. The standard InChI is InChI=1S/C29H38N4O7S/c1-18-14-33(19(2)17-34)29(35)25-13-23(31-41(36,37)28-20(3)30-40-21(28)4)9-12-26(25)39-27(18)16-32(5)15-22-7-10-24(38-6)11-8-22/h7-13,18-19,27,31,34H,14-17H2,1-6H3/t18-,19-,27-/m0/s1. The lowest BCUT2D eigenvalue weighted by Crippen LogP contribution is -2.49. The minimum atomic E-state index is -4.02. The van der Waals surface area contributed by atoms with E-state index in [4.69, 9.17) is 14.0 Å². The van der Waals surface area contributed by atoms with Crippen LogP contribution < -0.4 is 14.2 Å². The van der Waals surface area contributed by atoms with Gasteiger partial charge in [-0.3, -0.25) is 14.4 Å². The fourth-order valence-corrected chi connectivity index (χ4v) is 6.36. The lowest BCUT2D eigenvalue weighted by atomic mass is 9.99. The van der Waals surface area contributed by atoms with Crippen molar-refractivity contribution in [1.29, 1.82) is 0 Å². The molecule has 1 aliphatic heterocycles. The predicted octanol–water partition coefficient (Wildman–Crippen LogP) is 3.45. The molecule has 0 bridgehead atoms. The highest BCUT2D eigenvalue weighted by Crippen LogP contribution is 2.32. The van der Waals surface area contributed by atoms with E-state index >= 15 is 0 Å². The number of sulfonamides is 1. The number of fused-ring (bicyclic) bond motifs is 1. The first-order valence-electron chi connectivity index (χ1n) is 13.4. The van der Waals surface area contributed by atoms with E-state index in [0.717, 1.165) is 11.3 Å². The van der Waals surface area contributed by atoms with E-state index in [9.17, 15) is 18.3 Å². The van der Waals surface area contributed by atoms with Crippen molar-refractivity contribution >= 4 is 21.6 Å². The van der Waals surface area contributed by atoms with E-state index in [2.05, 4.69) is 14.8 Å². The quantitative estimate of drug-likeness (QED) is 0.366. The van der Waals surface area contributed by atoms with E-state index < -0.39 is 16.1 Å². The zero-order valence-corrected chi connectivity index (χ0v) is 25.1. The highest BCUT2D eigenvalue weighted by Gasteiger charge is 2.34. The Labute approximate surface area is 241 Å². The minimum absolute atomic E-state index is 0.0452. The number of likely N-dealkylation sites (N-methyl/N-ethyl adjacent to an activating group) is 1. The molecule has 0 aliphatic carbocycles. The van der Waals surface area contributed by atoms with Gasteiger partial charge in [0.15, 0.2) is 10.7 Å². The number of aliphatic hydroxyl groups is 1. The Balaban J connectivity index is 1.62. The van der Waals surface area contributed by atoms with Gasteiger partial charge in [0.25, 0.3) is 15.9 Å². The Morgan fingerprint density at radius 1 is 1.22 bits per heavy atom. The zero-order valence-electron chi connectivity index (χ0n) is 24.2. The van der Waals surface area contributed by atoms with Crippen LogP contribution >= 0.6 is 0 Å². The van der Waals surface area contributed by atoms with Gasteiger partial charge in [0.2, 0.25) is 0 Å². The summed E-state index contributed by atoms with van der Waals surface area (Å²) in [5, 5.41) is 13.7. The third kappa shape index (κ3) is 6.83. The maximum Gasteiger partial charge on any atom is 0.267 e. The van der Waals surface area contributed by atoms with Crippen LogP contribution in [0.3, 0.4) is 0 Å². The molecular weight excluding hydrogens is 548 g/mol. The van der Waals surface area contributed by atoms with Crippen LogP contribution in [0.1, 0.15) is 41.2 Å². The monoisotopic (exact) mass is 586 g/mol. The number of hydrogen-bond acceptors (Lipinski definition) is 9. The number of hydrogen-bond donors (Lipinski definition) is 2. The highest BCUT2D eigenvalue weighted by molar-refractivity contribution is 7.92. The normalized spacial score (nSPS) is 18.3. The number of aromatic nitrogens is 1. The van der Waals surface area contributed by atoms with Gasteiger partial charge in [0.1, 0.15) is 23.3 Å². The first kappa shape index (κ1) is 30.4. The van der Waals surface area contributed by atoms with E-state index in [1.165, 1.54) is 13.0 Å². The van der Waals surface area contributed by atoms with Crippen molar-refractivity contribution in [2.75, 3.05) is 38.6 Å². The van der Waals surface area contributed by atoms with Gasteiger partial charge in [-0.15, -0.1) is 0 Å². The van der Waals surface area contributed by atoms with Gasteiger partial charge in [-0.1, -0.05) is 24.2 Å². The molecule has 3 aromatic rings. The number of nitrogens with zero attached hydrogens (tertiary/aromatic N) is 3. The Bertz CT molecular complexity index is 1450. The van der Waals surface area contributed by atoms with Crippen LogP contribution in [0.15, 0.2) is 51.9 Å². The summed E-state index contributed by atoms with van der Waals surface area (Å²) in [7, 11) is -0.383. The average Bonchev–Trinajstić information content (AvgIpc) is 3.29. The van der Waals surface area contributed by atoms with Crippen LogP contribution in [-0.2, 0) is 16.6 Å². The fourth-order valence-electron chi connectivity index (χ4n) is 4.98. The molecule has 1 amide bonds. The largest absolute Gasteiger partial charge is 0.497 e. The summed E-state index contributed by atoms with van der Waals surface area (Å²) < 4.78 is 45.5. The Kier molecular flexibility index (Phi) is 9.25. The van der Waals surface area contributed by atoms with Crippen LogP contribution in [0.2, 0.25) is 0 Å². The molecule has 41 heavy (non-hydrogen) atoms. The van der Waals surface area contributed by atoms with Crippen molar-refractivity contribution in [3.8, 4) is 11.5 Å². The SMILES string of the molecule is COc1ccc(CN(C)C[C@@H]2Oc3ccc(NS(=O)(=O)c4c(C)noc4C)cc3C(=O)N([C@@H](C)CO)C[C@@H]2C)cc1. The van der Waals surface area contributed by atoms with Gasteiger partial charge in [-0.05, 0) is 63.7 Å². The summed E-state index contributed by atoms with van der Waals surface area (Å²) in [5.41, 5.74) is 1.75. The number of anilines is 1. The van der Waals surface area contributed by atoms with Gasteiger partial charge in [0, 0.05) is 31.2 Å². The van der Waals surface area contributed by atoms with E-state index in [1.54, 1.807) is 38.0 Å². The lowest BCUT2D eigenvalue weighted by molar-refractivity contribution is 0.0341. The number of aliphatic hydroxyl groups excluding tert-OH is 1. The molecule has 2 N–H and O–H groups in total. The van der Waals surface area contributed by atoms with Crippen LogP contribution in [0.4, 0.5) is 5.69 Å². The number of ether oxygens (including phenoxy) is 2. The van der Waals surface area contributed by atoms with E-state index in [-0.39, 0.29) is 52.1 Å². The second-order valence-electron chi connectivity index (χ2n) is 10.6. The van der Waals surface area contributed by atoms with Crippen LogP contribution in [0.25, 0.3) is 0 Å².